The number of urea groups is 1. The molecule has 4 fully saturated rings. The van der Waals surface area contributed by atoms with Crippen LogP contribution in [-0.4, -0.2) is 154 Å². The fraction of sp³-hybridized carbons (Fsp3) is 0.457. The Balaban J connectivity index is 0.886. The maximum Gasteiger partial charge on any atom is 0.399 e. The number of anilines is 2. The highest BCUT2D eigenvalue weighted by Gasteiger charge is 2.50. The summed E-state index contributed by atoms with van der Waals surface area (Å²) in [5, 5.41) is 8.48. The molecule has 25 heteroatoms. The van der Waals surface area contributed by atoms with Crippen molar-refractivity contribution in [1.82, 2.24) is 40.6 Å². The number of pyridine rings is 1. The first-order valence-electron chi connectivity index (χ1n) is 23.2. The molecule has 380 valence electrons. The number of imide groups is 1. The predicted octanol–water partition coefficient (Wildman–Crippen LogP) is 2.83. The number of amides is 7. The fourth-order valence-electron chi connectivity index (χ4n) is 9.45. The Labute approximate surface area is 411 Å². The van der Waals surface area contributed by atoms with Crippen molar-refractivity contribution in [3.63, 3.8) is 0 Å². The minimum Gasteiger partial charge on any atom is -0.490 e. The molecule has 8 N–H and O–H groups in total. The molecule has 4 atom stereocenters. The number of benzene rings is 2. The molecule has 7 amide bonds. The molecule has 6 heterocycles. The summed E-state index contributed by atoms with van der Waals surface area (Å²) in [6.45, 7) is 4.14. The van der Waals surface area contributed by atoms with Crippen LogP contribution in [0.4, 0.5) is 25.0 Å². The van der Waals surface area contributed by atoms with E-state index in [1.807, 2.05) is 29.2 Å². The van der Waals surface area contributed by atoms with Crippen molar-refractivity contribution in [3.8, 4) is 5.75 Å². The average molecular weight is 1030 g/mol. The van der Waals surface area contributed by atoms with Gasteiger partial charge in [-0.05, 0) is 81.7 Å². The van der Waals surface area contributed by atoms with E-state index in [-0.39, 0.29) is 67.5 Å². The van der Waals surface area contributed by atoms with Crippen LogP contribution in [0.25, 0.3) is 10.9 Å². The van der Waals surface area contributed by atoms with Gasteiger partial charge in [0.1, 0.15) is 35.2 Å². The van der Waals surface area contributed by atoms with Crippen molar-refractivity contribution in [2.45, 2.75) is 74.9 Å². The molecule has 2 aromatic heterocycles. The molecule has 71 heavy (non-hydrogen) atoms. The number of carbonyl (C=O) groups excluding carboxylic acids is 6. The summed E-state index contributed by atoms with van der Waals surface area (Å²) in [5.41, 5.74) is 2.47. The number of hydrogen-bond acceptors (Lipinski definition) is 12. The van der Waals surface area contributed by atoms with Gasteiger partial charge in [0.2, 0.25) is 23.6 Å². The summed E-state index contributed by atoms with van der Waals surface area (Å²) in [4.78, 5) is 113. The van der Waals surface area contributed by atoms with Crippen molar-refractivity contribution >= 4 is 77.0 Å². The van der Waals surface area contributed by atoms with Crippen molar-refractivity contribution in [3.05, 3.63) is 82.8 Å². The van der Waals surface area contributed by atoms with Gasteiger partial charge in [-0.3, -0.25) is 48.6 Å². The number of primary amides is 1. The Morgan fingerprint density at radius 1 is 1.01 bits per heavy atom. The van der Waals surface area contributed by atoms with Crippen LogP contribution in [0, 0.1) is 0 Å². The van der Waals surface area contributed by atoms with E-state index in [1.54, 1.807) is 19.3 Å². The van der Waals surface area contributed by atoms with Gasteiger partial charge in [-0.25, -0.2) is 4.79 Å². The van der Waals surface area contributed by atoms with Gasteiger partial charge in [0, 0.05) is 81.2 Å². The van der Waals surface area contributed by atoms with E-state index in [0.29, 0.717) is 75.0 Å². The number of nitrogens with one attached hydrogen (secondary N) is 4. The van der Waals surface area contributed by atoms with Gasteiger partial charge in [-0.15, -0.1) is 0 Å². The smallest absolute Gasteiger partial charge is 0.399 e. The lowest BCUT2D eigenvalue weighted by Crippen LogP contribution is -2.60. The lowest BCUT2D eigenvalue weighted by molar-refractivity contribution is -0.143. The third-order valence-electron chi connectivity index (χ3n) is 13.3. The zero-order valence-corrected chi connectivity index (χ0v) is 40.3. The molecule has 0 saturated carbocycles. The molecule has 8 rings (SSSR count). The number of carbonyl (C=O) groups is 6. The van der Waals surface area contributed by atoms with Gasteiger partial charge < -0.3 is 50.6 Å². The van der Waals surface area contributed by atoms with Gasteiger partial charge in [-0.2, -0.15) is 8.78 Å². The van der Waals surface area contributed by atoms with Crippen LogP contribution in [0.1, 0.15) is 60.3 Å². The molecule has 0 radical (unpaired) electrons. The summed E-state index contributed by atoms with van der Waals surface area (Å²) in [7, 11) is -4.05. The molecule has 21 nitrogen and oxygen atoms in total. The number of halogens is 3. The minimum absolute atomic E-state index is 0.0681. The van der Waals surface area contributed by atoms with Gasteiger partial charge in [0.05, 0.1) is 29.3 Å². The molecule has 4 aliphatic rings. The molecular weight excluding hydrogens is 971 g/mol. The first-order valence-corrected chi connectivity index (χ1v) is 25.2. The van der Waals surface area contributed by atoms with Gasteiger partial charge in [0.25, 0.3) is 5.91 Å². The Morgan fingerprint density at radius 2 is 1.79 bits per heavy atom. The molecular formula is C46H55ClF2N11O10P. The van der Waals surface area contributed by atoms with Gasteiger partial charge in [-0.1, -0.05) is 23.7 Å². The summed E-state index contributed by atoms with van der Waals surface area (Å²) in [6, 6.07) is 9.66. The third-order valence-corrected chi connectivity index (χ3v) is 14.7. The number of nitrogens with two attached hydrogens (primary N) is 1. The molecule has 4 saturated heterocycles. The number of ether oxygens (including phenoxy) is 1. The first kappa shape index (κ1) is 51.1. The number of piperazine rings is 1. The van der Waals surface area contributed by atoms with Crippen LogP contribution in [0.15, 0.2) is 60.8 Å². The average Bonchev–Trinajstić information content (AvgIpc) is 3.96. The second-order valence-corrected chi connectivity index (χ2v) is 20.3. The monoisotopic (exact) mass is 1030 g/mol. The molecule has 4 aliphatic heterocycles. The lowest BCUT2D eigenvalue weighted by atomic mass is 10.1. The number of nitrogens with zero attached hydrogens (tertiary/aromatic N) is 6. The van der Waals surface area contributed by atoms with Gasteiger partial charge in [0.15, 0.2) is 0 Å². The zero-order chi connectivity index (χ0) is 50.8. The number of H-pyrrole nitrogens is 1. The van der Waals surface area contributed by atoms with E-state index in [0.717, 1.165) is 23.5 Å². The van der Waals surface area contributed by atoms with Crippen molar-refractivity contribution in [2.75, 3.05) is 69.3 Å². The van der Waals surface area contributed by atoms with Crippen LogP contribution in [0.5, 0.6) is 5.75 Å². The molecule has 0 spiro atoms. The maximum atomic E-state index is 14.5. The third kappa shape index (κ3) is 11.6. The molecule has 4 aromatic rings. The van der Waals surface area contributed by atoms with Crippen LogP contribution in [0.2, 0.25) is 5.02 Å². The lowest BCUT2D eigenvalue weighted by Gasteiger charge is -2.38. The number of rotatable bonds is 16. The van der Waals surface area contributed by atoms with Crippen LogP contribution in [-0.2, 0) is 36.0 Å². The van der Waals surface area contributed by atoms with Crippen LogP contribution < -0.4 is 36.2 Å². The van der Waals surface area contributed by atoms with Crippen molar-refractivity contribution in [2.24, 2.45) is 5.73 Å². The van der Waals surface area contributed by atoms with E-state index in [9.17, 15) is 51.9 Å². The van der Waals surface area contributed by atoms with E-state index >= 15 is 0 Å². The Hall–Kier alpha value is -6.23. The molecule has 0 unspecified atom stereocenters. The molecule has 2 aromatic carbocycles. The van der Waals surface area contributed by atoms with Crippen molar-refractivity contribution < 1.29 is 56.6 Å². The number of aromatic amines is 1. The summed E-state index contributed by atoms with van der Waals surface area (Å²) >= 11 is 6.97. The highest BCUT2D eigenvalue weighted by atomic mass is 35.5. The fourth-order valence-corrected chi connectivity index (χ4v) is 10.2. The Bertz CT molecular complexity index is 2740. The molecule has 0 aliphatic carbocycles. The number of aromatic nitrogens is 2. The summed E-state index contributed by atoms with van der Waals surface area (Å²) in [5.74, 6) is -2.25. The summed E-state index contributed by atoms with van der Waals surface area (Å²) < 4.78 is 46.7. The Kier molecular flexibility index (Phi) is 15.3. The van der Waals surface area contributed by atoms with Gasteiger partial charge >= 0.3 is 19.3 Å². The second-order valence-electron chi connectivity index (χ2n) is 18.3. The normalized spacial score (nSPS) is 21.1. The largest absolute Gasteiger partial charge is 0.490 e. The SMILES string of the molecule is CN1CC[C@H]2CC[C@@H](C(=O)N[C@@H](CCC(N)=O)COc3cccc(N4CCN(Cc5ccc(N6CCC(=O)NC6=O)cn5)CC4)c3Cl)N2C(=O)[C@@H](NC(=O)c2cc3cc(C(F)(F)P(=O)(O)O)ccc3[nH]2)C1. The maximum absolute atomic E-state index is 14.5. The number of likely N-dealkylation sites (N-methyl/N-ethyl adjacent to an activating group) is 1. The van der Waals surface area contributed by atoms with Crippen molar-refractivity contribution in [1.29, 1.82) is 0 Å². The highest BCUT2D eigenvalue weighted by Crippen LogP contribution is 2.59. The molecule has 0 bridgehead atoms. The second kappa shape index (κ2) is 21.2. The van der Waals surface area contributed by atoms with Crippen LogP contribution in [0.3, 0.4) is 0 Å². The van der Waals surface area contributed by atoms with E-state index < -0.39 is 66.6 Å². The van der Waals surface area contributed by atoms with E-state index in [2.05, 4.69) is 35.7 Å². The van der Waals surface area contributed by atoms with Crippen LogP contribution >= 0.6 is 19.2 Å². The van der Waals surface area contributed by atoms with E-state index in [1.165, 1.54) is 21.9 Å². The first-order chi connectivity index (χ1) is 33.7. The number of fused-ring (bicyclic) bond motifs is 2. The standard InChI is InChI=1S/C46H55ClF2N11O10P/c1-56-15-13-31-9-11-37(60(31)44(65)35(25-56)54-42(63)34-22-27-21-28(5-10-33(27)53-34)46(48,49)71(67,68)69)43(64)52-30(7-12-39(50)61)26-70-38-4-2-3-36(41(38)47)58-19-17-57(18-20-58)24-29-6-8-32(23-51-29)59-16-14-40(62)55-45(59)66/h2-6,8,10,21-23,30-31,35,37,53H,7,9,11-20,24-26H2,1H3,(H2,50,61)(H,52,64)(H,54,63)(H,55,62,66)(H2,67,68,69)/t30-,31+,35-,37-/m0/s1. The zero-order valence-electron chi connectivity index (χ0n) is 38.7. The van der Waals surface area contributed by atoms with E-state index in [4.69, 9.17) is 22.1 Å². The highest BCUT2D eigenvalue weighted by molar-refractivity contribution is 7.52. The summed E-state index contributed by atoms with van der Waals surface area (Å²) in [6.07, 6.45) is 3.31. The number of alkyl halides is 2. The Morgan fingerprint density at radius 3 is 2.49 bits per heavy atom. The topological polar surface area (TPSA) is 276 Å². The quantitative estimate of drug-likeness (QED) is 0.0796. The minimum atomic E-state index is -5.84. The predicted molar refractivity (Wildman–Crippen MR) is 256 cm³/mol. The number of hydrogen-bond donors (Lipinski definition) is 7.